The fourth-order valence-corrected chi connectivity index (χ4v) is 5.22. The Morgan fingerprint density at radius 1 is 1.08 bits per heavy atom. The maximum atomic E-state index is 12.9. The number of benzene rings is 1. The van der Waals surface area contributed by atoms with E-state index in [1.807, 2.05) is 60.8 Å². The van der Waals surface area contributed by atoms with Gasteiger partial charge in [-0.15, -0.1) is 21.5 Å². The van der Waals surface area contributed by atoms with E-state index in [1.54, 1.807) is 17.4 Å². The molecule has 4 aromatic rings. The zero-order valence-electron chi connectivity index (χ0n) is 21.2. The van der Waals surface area contributed by atoms with Crippen molar-refractivity contribution in [1.82, 2.24) is 25.3 Å². The van der Waals surface area contributed by atoms with Gasteiger partial charge in [0.25, 0.3) is 5.56 Å². The number of carbonyl (C=O) groups excluding carboxylic acids is 1. The molecule has 1 aliphatic heterocycles. The van der Waals surface area contributed by atoms with Crippen LogP contribution in [-0.4, -0.2) is 52.1 Å². The van der Waals surface area contributed by atoms with Crippen molar-refractivity contribution < 1.29 is 9.53 Å². The van der Waals surface area contributed by atoms with E-state index >= 15 is 0 Å². The molecule has 0 saturated carbocycles. The van der Waals surface area contributed by atoms with E-state index < -0.39 is 0 Å². The van der Waals surface area contributed by atoms with Gasteiger partial charge in [-0.3, -0.25) is 9.59 Å². The molecule has 0 radical (unpaired) electrons. The average molecular weight is 531 g/mol. The molecule has 3 aromatic heterocycles. The second kappa shape index (κ2) is 12.0. The highest BCUT2D eigenvalue weighted by Gasteiger charge is 2.26. The predicted molar refractivity (Wildman–Crippen MR) is 148 cm³/mol. The highest BCUT2D eigenvalue weighted by Crippen LogP contribution is 2.25. The van der Waals surface area contributed by atoms with Gasteiger partial charge < -0.3 is 15.0 Å². The van der Waals surface area contributed by atoms with E-state index in [0.717, 1.165) is 47.1 Å². The first-order chi connectivity index (χ1) is 18.6. The van der Waals surface area contributed by atoms with Crippen molar-refractivity contribution in [2.24, 2.45) is 5.92 Å². The zero-order valence-corrected chi connectivity index (χ0v) is 22.1. The van der Waals surface area contributed by atoms with E-state index in [-0.39, 0.29) is 17.4 Å². The van der Waals surface area contributed by atoms with E-state index in [2.05, 4.69) is 25.5 Å². The smallest absolute Gasteiger partial charge is 0.266 e. The molecule has 5 rings (SSSR count). The number of nitrogens with one attached hydrogen (secondary N) is 1. The second-order valence-corrected chi connectivity index (χ2v) is 10.0. The molecule has 4 heterocycles. The third-order valence-corrected chi connectivity index (χ3v) is 7.38. The van der Waals surface area contributed by atoms with E-state index in [4.69, 9.17) is 4.74 Å². The first kappa shape index (κ1) is 25.6. The molecule has 0 bridgehead atoms. The van der Waals surface area contributed by atoms with Gasteiger partial charge in [-0.25, -0.2) is 4.68 Å². The van der Waals surface area contributed by atoms with Crippen LogP contribution < -0.4 is 20.5 Å². The van der Waals surface area contributed by atoms with Gasteiger partial charge in [0.05, 0.1) is 29.6 Å². The molecule has 196 valence electrons. The van der Waals surface area contributed by atoms with Crippen molar-refractivity contribution in [1.29, 1.82) is 0 Å². The lowest BCUT2D eigenvalue weighted by Gasteiger charge is -2.32. The largest absolute Gasteiger partial charge is 0.494 e. The molecule has 1 saturated heterocycles. The topological polar surface area (TPSA) is 102 Å². The predicted octanol–water partition coefficient (Wildman–Crippen LogP) is 3.86. The molecule has 10 heteroatoms. The Bertz CT molecular complexity index is 1400. The molecule has 1 aromatic carbocycles. The fraction of sp³-hybridized carbons (Fsp3) is 0.321. The van der Waals surface area contributed by atoms with Crippen molar-refractivity contribution in [2.45, 2.75) is 26.3 Å². The molecule has 38 heavy (non-hydrogen) atoms. The number of ether oxygens (including phenoxy) is 1. The summed E-state index contributed by atoms with van der Waals surface area (Å²) in [4.78, 5) is 28.5. The monoisotopic (exact) mass is 530 g/mol. The molecule has 1 atom stereocenters. The van der Waals surface area contributed by atoms with Crippen LogP contribution in [0.1, 0.15) is 19.8 Å². The molecular weight excluding hydrogens is 500 g/mol. The van der Waals surface area contributed by atoms with Gasteiger partial charge in [0.2, 0.25) is 5.91 Å². The number of amides is 1. The highest BCUT2D eigenvalue weighted by molar-refractivity contribution is 7.13. The van der Waals surface area contributed by atoms with Crippen LogP contribution in [0.4, 0.5) is 5.82 Å². The van der Waals surface area contributed by atoms with Gasteiger partial charge in [-0.05, 0) is 73.7 Å². The van der Waals surface area contributed by atoms with E-state index in [0.29, 0.717) is 31.9 Å². The Morgan fingerprint density at radius 2 is 1.92 bits per heavy atom. The van der Waals surface area contributed by atoms with Crippen LogP contribution in [0.5, 0.6) is 5.75 Å². The van der Waals surface area contributed by atoms with Crippen molar-refractivity contribution >= 4 is 23.1 Å². The summed E-state index contributed by atoms with van der Waals surface area (Å²) in [6, 6.07) is 18.8. The lowest BCUT2D eigenvalue weighted by molar-refractivity contribution is -0.125. The lowest BCUT2D eigenvalue weighted by Crippen LogP contribution is -2.44. The first-order valence-corrected chi connectivity index (χ1v) is 13.7. The summed E-state index contributed by atoms with van der Waals surface area (Å²) in [6.45, 7) is 4.59. The molecule has 9 nitrogen and oxygen atoms in total. The first-order valence-electron chi connectivity index (χ1n) is 12.8. The standard InChI is InChI=1S/C28H30N6O3S/c1-2-37-22-9-7-20(8-10-22)23-12-14-27(35)34(32-23)17-15-29-28(36)21-5-3-16-33(19-21)26-13-11-24(30-31-26)25-6-4-18-38-25/h4,6-14,18,21H,2-3,5,15-17,19H2,1H3,(H,29,36). The minimum Gasteiger partial charge on any atom is -0.494 e. The number of hydrogen-bond acceptors (Lipinski definition) is 8. The highest BCUT2D eigenvalue weighted by atomic mass is 32.1. The van der Waals surface area contributed by atoms with Crippen molar-refractivity contribution in [2.75, 3.05) is 31.1 Å². The van der Waals surface area contributed by atoms with Crippen molar-refractivity contribution in [3.63, 3.8) is 0 Å². The summed E-state index contributed by atoms with van der Waals surface area (Å²) in [5.74, 6) is 1.40. The van der Waals surface area contributed by atoms with Crippen LogP contribution in [0.15, 0.2) is 70.8 Å². The van der Waals surface area contributed by atoms with Crippen LogP contribution in [0.25, 0.3) is 21.8 Å². The summed E-state index contributed by atoms with van der Waals surface area (Å²) < 4.78 is 6.88. The molecule has 1 amide bonds. The minimum atomic E-state index is -0.206. The van der Waals surface area contributed by atoms with Gasteiger partial charge in [-0.1, -0.05) is 6.07 Å². The average Bonchev–Trinajstić information content (AvgIpc) is 3.50. The van der Waals surface area contributed by atoms with Crippen LogP contribution in [0.2, 0.25) is 0 Å². The Hall–Kier alpha value is -4.05. The molecule has 1 fully saturated rings. The van der Waals surface area contributed by atoms with Gasteiger partial charge >= 0.3 is 0 Å². The van der Waals surface area contributed by atoms with Gasteiger partial charge in [0.15, 0.2) is 5.82 Å². The third kappa shape index (κ3) is 6.08. The number of aromatic nitrogens is 4. The van der Waals surface area contributed by atoms with Crippen LogP contribution in [0, 0.1) is 5.92 Å². The lowest BCUT2D eigenvalue weighted by atomic mass is 9.97. The maximum absolute atomic E-state index is 12.9. The number of rotatable bonds is 9. The molecule has 1 aliphatic rings. The Morgan fingerprint density at radius 3 is 2.66 bits per heavy atom. The number of hydrogen-bond donors (Lipinski definition) is 1. The molecule has 1 unspecified atom stereocenters. The maximum Gasteiger partial charge on any atom is 0.266 e. The summed E-state index contributed by atoms with van der Waals surface area (Å²) in [5.41, 5.74) is 2.22. The third-order valence-electron chi connectivity index (χ3n) is 6.49. The quantitative estimate of drug-likeness (QED) is 0.351. The second-order valence-electron chi connectivity index (χ2n) is 9.07. The zero-order chi connectivity index (χ0) is 26.3. The fourth-order valence-electron chi connectivity index (χ4n) is 4.53. The Balaban J connectivity index is 1.16. The van der Waals surface area contributed by atoms with E-state index in [9.17, 15) is 9.59 Å². The normalized spacial score (nSPS) is 15.3. The van der Waals surface area contributed by atoms with Crippen LogP contribution in [-0.2, 0) is 11.3 Å². The van der Waals surface area contributed by atoms with Crippen molar-refractivity contribution in [3.8, 4) is 27.6 Å². The summed E-state index contributed by atoms with van der Waals surface area (Å²) in [7, 11) is 0. The minimum absolute atomic E-state index is 0.0198. The van der Waals surface area contributed by atoms with Gasteiger partial charge in [0.1, 0.15) is 11.4 Å². The molecule has 0 spiro atoms. The number of carbonyl (C=O) groups is 1. The molecule has 1 N–H and O–H groups in total. The number of piperidine rings is 1. The Kier molecular flexibility index (Phi) is 8.08. The molecular formula is C28H30N6O3S. The van der Waals surface area contributed by atoms with Gasteiger partial charge in [-0.2, -0.15) is 5.10 Å². The summed E-state index contributed by atoms with van der Waals surface area (Å²) >= 11 is 1.63. The number of anilines is 1. The number of thiophene rings is 1. The number of nitrogens with zero attached hydrogens (tertiary/aromatic N) is 5. The Labute approximate surface area is 225 Å². The summed E-state index contributed by atoms with van der Waals surface area (Å²) in [6.07, 6.45) is 1.71. The SMILES string of the molecule is CCOc1ccc(-c2ccc(=O)n(CCNC(=O)C3CCCN(c4ccc(-c5cccs5)nn4)C3)n2)cc1. The van der Waals surface area contributed by atoms with Crippen LogP contribution >= 0.6 is 11.3 Å². The molecule has 0 aliphatic carbocycles. The van der Waals surface area contributed by atoms with E-state index in [1.165, 1.54) is 10.7 Å². The summed E-state index contributed by atoms with van der Waals surface area (Å²) in [5, 5.41) is 18.3. The van der Waals surface area contributed by atoms with Crippen LogP contribution in [0.3, 0.4) is 0 Å². The van der Waals surface area contributed by atoms with Crippen molar-refractivity contribution in [3.05, 3.63) is 76.4 Å². The van der Waals surface area contributed by atoms with Gasteiger partial charge in [0, 0.05) is 31.3 Å².